The molecule has 0 heterocycles. The number of hydrogen-bond donors (Lipinski definition) is 3. The third kappa shape index (κ3) is 8.19. The first-order valence-electron chi connectivity index (χ1n) is 7.19. The largest absolute Gasteiger partial charge is 0.493 e. The molecule has 0 radical (unpaired) electrons. The molecule has 1 aromatic carbocycles. The zero-order valence-corrected chi connectivity index (χ0v) is 13.1. The zero-order chi connectivity index (χ0) is 15.9. The smallest absolute Gasteiger partial charge is 0.223 e. The number of nitrogen functional groups attached to an aromatic ring is 1. The van der Waals surface area contributed by atoms with Crippen LogP contribution in [0.5, 0.6) is 5.75 Å². The van der Waals surface area contributed by atoms with Crippen LogP contribution in [0.4, 0.5) is 5.69 Å². The molecular weight excluding hydrogens is 268 g/mol. The summed E-state index contributed by atoms with van der Waals surface area (Å²) in [5.74, 6) is 0.516. The van der Waals surface area contributed by atoms with Crippen LogP contribution in [0, 0.1) is 5.41 Å². The first-order valence-corrected chi connectivity index (χ1v) is 7.19. The third-order valence-electron chi connectivity index (χ3n) is 2.84. The molecule has 1 atom stereocenters. The van der Waals surface area contributed by atoms with Gasteiger partial charge in [-0.2, -0.15) is 0 Å². The summed E-state index contributed by atoms with van der Waals surface area (Å²) in [7, 11) is 0. The summed E-state index contributed by atoms with van der Waals surface area (Å²) in [4.78, 5) is 11.6. The molecule has 118 valence electrons. The molecule has 5 heteroatoms. The lowest BCUT2D eigenvalue weighted by atomic mass is 9.89. The minimum absolute atomic E-state index is 0.0422. The number of aliphatic hydroxyl groups excluding tert-OH is 1. The van der Waals surface area contributed by atoms with E-state index in [1.165, 1.54) is 0 Å². The van der Waals surface area contributed by atoms with Gasteiger partial charge in [-0.3, -0.25) is 4.79 Å². The SMILES string of the molecule is CC(C)(C)CC(O)CNC(=O)CCOc1cccc(N)c1. The Labute approximate surface area is 126 Å². The number of nitrogens with one attached hydrogen (secondary N) is 1. The average molecular weight is 294 g/mol. The van der Waals surface area contributed by atoms with Crippen molar-refractivity contribution in [2.24, 2.45) is 5.41 Å². The average Bonchev–Trinajstić information content (AvgIpc) is 2.34. The van der Waals surface area contributed by atoms with E-state index < -0.39 is 6.10 Å². The van der Waals surface area contributed by atoms with Crippen LogP contribution in [0.15, 0.2) is 24.3 Å². The highest BCUT2D eigenvalue weighted by atomic mass is 16.5. The standard InChI is InChI=1S/C16H26N2O3/c1-16(2,3)10-13(19)11-18-15(20)7-8-21-14-6-4-5-12(17)9-14/h4-6,9,13,19H,7-8,10-11,17H2,1-3H3,(H,18,20). The highest BCUT2D eigenvalue weighted by Crippen LogP contribution is 2.20. The van der Waals surface area contributed by atoms with Crippen molar-refractivity contribution in [2.75, 3.05) is 18.9 Å². The molecule has 0 spiro atoms. The molecular formula is C16H26N2O3. The maximum Gasteiger partial charge on any atom is 0.223 e. The predicted molar refractivity (Wildman–Crippen MR) is 84.1 cm³/mol. The molecule has 1 rings (SSSR count). The molecule has 4 N–H and O–H groups in total. The molecule has 0 saturated heterocycles. The van der Waals surface area contributed by atoms with Crippen molar-refractivity contribution in [2.45, 2.75) is 39.7 Å². The minimum Gasteiger partial charge on any atom is -0.493 e. The second-order valence-electron chi connectivity index (χ2n) is 6.39. The molecule has 0 bridgehead atoms. The molecule has 1 amide bonds. The molecule has 0 aliphatic rings. The van der Waals surface area contributed by atoms with Gasteiger partial charge in [0.1, 0.15) is 5.75 Å². The molecule has 1 unspecified atom stereocenters. The van der Waals surface area contributed by atoms with Gasteiger partial charge in [-0.1, -0.05) is 26.8 Å². The van der Waals surface area contributed by atoms with Gasteiger partial charge < -0.3 is 20.9 Å². The number of hydrogen-bond acceptors (Lipinski definition) is 4. The molecule has 1 aromatic rings. The Morgan fingerprint density at radius 1 is 1.43 bits per heavy atom. The first-order chi connectivity index (χ1) is 9.76. The van der Waals surface area contributed by atoms with E-state index in [1.807, 2.05) is 0 Å². The number of amides is 1. The molecule has 0 aromatic heterocycles. The van der Waals surface area contributed by atoms with Crippen LogP contribution < -0.4 is 15.8 Å². The van der Waals surface area contributed by atoms with E-state index >= 15 is 0 Å². The van der Waals surface area contributed by atoms with Gasteiger partial charge in [0.2, 0.25) is 5.91 Å². The Bertz CT molecular complexity index is 455. The van der Waals surface area contributed by atoms with E-state index in [2.05, 4.69) is 26.1 Å². The number of carbonyl (C=O) groups is 1. The minimum atomic E-state index is -0.524. The lowest BCUT2D eigenvalue weighted by Crippen LogP contribution is -2.34. The first kappa shape index (κ1) is 17.3. The number of benzene rings is 1. The van der Waals surface area contributed by atoms with Crippen molar-refractivity contribution in [3.05, 3.63) is 24.3 Å². The van der Waals surface area contributed by atoms with E-state index in [1.54, 1.807) is 24.3 Å². The third-order valence-corrected chi connectivity index (χ3v) is 2.84. The number of rotatable bonds is 7. The van der Waals surface area contributed by atoms with Crippen LogP contribution in [-0.4, -0.2) is 30.3 Å². The van der Waals surface area contributed by atoms with Gasteiger partial charge in [-0.15, -0.1) is 0 Å². The fourth-order valence-electron chi connectivity index (χ4n) is 1.96. The molecule has 5 nitrogen and oxygen atoms in total. The van der Waals surface area contributed by atoms with Crippen LogP contribution in [-0.2, 0) is 4.79 Å². The number of nitrogens with two attached hydrogens (primary N) is 1. The molecule has 0 aliphatic carbocycles. The predicted octanol–water partition coefficient (Wildman–Crippen LogP) is 1.95. The lowest BCUT2D eigenvalue weighted by Gasteiger charge is -2.22. The van der Waals surface area contributed by atoms with E-state index in [-0.39, 0.29) is 30.9 Å². The maximum absolute atomic E-state index is 11.6. The van der Waals surface area contributed by atoms with Crippen molar-refractivity contribution in [1.29, 1.82) is 0 Å². The molecule has 21 heavy (non-hydrogen) atoms. The van der Waals surface area contributed by atoms with Gasteiger partial charge in [0.05, 0.1) is 19.1 Å². The summed E-state index contributed by atoms with van der Waals surface area (Å²) < 4.78 is 5.44. The number of aliphatic hydroxyl groups is 1. The Hall–Kier alpha value is -1.75. The fraction of sp³-hybridized carbons (Fsp3) is 0.562. The van der Waals surface area contributed by atoms with Gasteiger partial charge in [0.25, 0.3) is 0 Å². The van der Waals surface area contributed by atoms with E-state index in [4.69, 9.17) is 10.5 Å². The normalized spacial score (nSPS) is 12.8. The van der Waals surface area contributed by atoms with Crippen molar-refractivity contribution >= 4 is 11.6 Å². The van der Waals surface area contributed by atoms with Crippen molar-refractivity contribution in [1.82, 2.24) is 5.32 Å². The summed E-state index contributed by atoms with van der Waals surface area (Å²) in [5.41, 5.74) is 6.30. The van der Waals surface area contributed by atoms with Gasteiger partial charge in [0.15, 0.2) is 0 Å². The fourth-order valence-corrected chi connectivity index (χ4v) is 1.96. The summed E-state index contributed by atoms with van der Waals surface area (Å²) in [6.07, 6.45) is 0.369. The lowest BCUT2D eigenvalue weighted by molar-refractivity contribution is -0.122. The summed E-state index contributed by atoms with van der Waals surface area (Å²) in [6.45, 7) is 6.71. The van der Waals surface area contributed by atoms with Gasteiger partial charge >= 0.3 is 0 Å². The van der Waals surface area contributed by atoms with Crippen molar-refractivity contribution in [3.63, 3.8) is 0 Å². The van der Waals surface area contributed by atoms with Crippen LogP contribution in [0.1, 0.15) is 33.6 Å². The number of anilines is 1. The van der Waals surface area contributed by atoms with E-state index in [0.29, 0.717) is 17.9 Å². The Balaban J connectivity index is 2.20. The second-order valence-corrected chi connectivity index (χ2v) is 6.39. The quantitative estimate of drug-likeness (QED) is 0.671. The van der Waals surface area contributed by atoms with Gasteiger partial charge in [-0.05, 0) is 24.0 Å². The van der Waals surface area contributed by atoms with Gasteiger partial charge in [-0.25, -0.2) is 0 Å². The van der Waals surface area contributed by atoms with Gasteiger partial charge in [0, 0.05) is 18.3 Å². The van der Waals surface area contributed by atoms with Crippen LogP contribution in [0.3, 0.4) is 0 Å². The monoisotopic (exact) mass is 294 g/mol. The van der Waals surface area contributed by atoms with Crippen molar-refractivity contribution in [3.8, 4) is 5.75 Å². The number of ether oxygens (including phenoxy) is 1. The molecule has 0 aliphatic heterocycles. The highest BCUT2D eigenvalue weighted by Gasteiger charge is 2.17. The van der Waals surface area contributed by atoms with Crippen molar-refractivity contribution < 1.29 is 14.6 Å². The van der Waals surface area contributed by atoms with E-state index in [9.17, 15) is 9.90 Å². The summed E-state index contributed by atoms with van der Waals surface area (Å²) >= 11 is 0. The summed E-state index contributed by atoms with van der Waals surface area (Å²) in [6, 6.07) is 7.08. The Morgan fingerprint density at radius 3 is 2.76 bits per heavy atom. The van der Waals surface area contributed by atoms with E-state index in [0.717, 1.165) is 0 Å². The zero-order valence-electron chi connectivity index (χ0n) is 13.1. The summed E-state index contributed by atoms with van der Waals surface area (Å²) in [5, 5.41) is 12.5. The van der Waals surface area contributed by atoms with Crippen LogP contribution in [0.25, 0.3) is 0 Å². The maximum atomic E-state index is 11.6. The topological polar surface area (TPSA) is 84.6 Å². The Morgan fingerprint density at radius 2 is 2.14 bits per heavy atom. The second kappa shape index (κ2) is 7.88. The highest BCUT2D eigenvalue weighted by molar-refractivity contribution is 5.76. The Kier molecular flexibility index (Phi) is 6.49. The molecule has 0 fully saturated rings. The number of carbonyl (C=O) groups excluding carboxylic acids is 1. The molecule has 0 saturated carbocycles. The van der Waals surface area contributed by atoms with Crippen LogP contribution in [0.2, 0.25) is 0 Å². The van der Waals surface area contributed by atoms with Crippen LogP contribution >= 0.6 is 0 Å².